The van der Waals surface area contributed by atoms with Crippen molar-refractivity contribution in [1.82, 2.24) is 0 Å². The van der Waals surface area contributed by atoms with E-state index in [1.807, 2.05) is 6.07 Å². The van der Waals surface area contributed by atoms with E-state index in [2.05, 4.69) is 22.6 Å². The molecule has 3 nitrogen and oxygen atoms in total. The Balaban J connectivity index is 3.01. The summed E-state index contributed by atoms with van der Waals surface area (Å²) in [6.45, 7) is -0.159. The quantitative estimate of drug-likeness (QED) is 0.707. The minimum atomic E-state index is -0.498. The Morgan fingerprint density at radius 2 is 2.17 bits per heavy atom. The van der Waals surface area contributed by atoms with E-state index < -0.39 is 6.04 Å². The fourth-order valence-corrected chi connectivity index (χ4v) is 1.40. The predicted octanol–water partition coefficient (Wildman–Crippen LogP) is 0.989. The van der Waals surface area contributed by atoms with Gasteiger partial charge in [0.1, 0.15) is 5.75 Å². The van der Waals surface area contributed by atoms with Gasteiger partial charge in [-0.25, -0.2) is 0 Å². The summed E-state index contributed by atoms with van der Waals surface area (Å²) in [5, 5.41) is 18.1. The van der Waals surface area contributed by atoms with Crippen molar-refractivity contribution in [3.8, 4) is 5.75 Å². The Morgan fingerprint density at radius 1 is 1.50 bits per heavy atom. The molecule has 4 N–H and O–H groups in total. The van der Waals surface area contributed by atoms with Crippen LogP contribution in [-0.2, 0) is 0 Å². The smallest absolute Gasteiger partial charge is 0.121 e. The molecule has 0 radical (unpaired) electrons. The van der Waals surface area contributed by atoms with Gasteiger partial charge >= 0.3 is 0 Å². The van der Waals surface area contributed by atoms with Gasteiger partial charge in [0.15, 0.2) is 0 Å². The molecule has 1 atom stereocenters. The summed E-state index contributed by atoms with van der Waals surface area (Å²) < 4.78 is 0.944. The monoisotopic (exact) mass is 279 g/mol. The number of hydrogen-bond donors (Lipinski definition) is 3. The lowest BCUT2D eigenvalue weighted by atomic mass is 10.1. The number of rotatable bonds is 2. The molecule has 66 valence electrons. The molecule has 1 aromatic carbocycles. The molecule has 0 saturated heterocycles. The lowest BCUT2D eigenvalue weighted by molar-refractivity contribution is 0.265. The fourth-order valence-electron chi connectivity index (χ4n) is 0.929. The van der Waals surface area contributed by atoms with E-state index >= 15 is 0 Å². The summed E-state index contributed by atoms with van der Waals surface area (Å²) in [5.74, 6) is 0.142. The van der Waals surface area contributed by atoms with Crippen LogP contribution in [0.1, 0.15) is 11.6 Å². The van der Waals surface area contributed by atoms with E-state index in [1.165, 1.54) is 0 Å². The third-order valence-corrected chi connectivity index (χ3v) is 2.26. The van der Waals surface area contributed by atoms with Gasteiger partial charge in [0.25, 0.3) is 0 Å². The number of aliphatic hydroxyl groups is 1. The standard InChI is InChI=1S/C8H10INO2/c9-5-1-2-6(7(10)4-11)8(12)3-5/h1-3,7,11-12H,4,10H2. The van der Waals surface area contributed by atoms with E-state index in [0.29, 0.717) is 5.56 Å². The zero-order chi connectivity index (χ0) is 9.14. The van der Waals surface area contributed by atoms with Crippen LogP contribution in [0.15, 0.2) is 18.2 Å². The molecule has 0 spiro atoms. The second kappa shape index (κ2) is 4.06. The van der Waals surface area contributed by atoms with Crippen LogP contribution in [0, 0.1) is 3.57 Å². The summed E-state index contributed by atoms with van der Waals surface area (Å²) in [5.41, 5.74) is 6.11. The summed E-state index contributed by atoms with van der Waals surface area (Å²) in [6, 6.07) is 4.68. The minimum absolute atomic E-state index is 0.142. The fraction of sp³-hybridized carbons (Fsp3) is 0.250. The molecule has 0 aliphatic heterocycles. The van der Waals surface area contributed by atoms with Crippen molar-refractivity contribution in [1.29, 1.82) is 0 Å². The number of hydrogen-bond acceptors (Lipinski definition) is 3. The van der Waals surface area contributed by atoms with Crippen LogP contribution in [0.25, 0.3) is 0 Å². The number of phenolic OH excluding ortho intramolecular Hbond substituents is 1. The Morgan fingerprint density at radius 3 is 2.67 bits per heavy atom. The van der Waals surface area contributed by atoms with E-state index in [0.717, 1.165) is 3.57 Å². The molecule has 0 saturated carbocycles. The van der Waals surface area contributed by atoms with Gasteiger partial charge < -0.3 is 15.9 Å². The predicted molar refractivity (Wildman–Crippen MR) is 54.8 cm³/mol. The molecule has 12 heavy (non-hydrogen) atoms. The molecule has 0 fully saturated rings. The van der Waals surface area contributed by atoms with E-state index in [1.54, 1.807) is 12.1 Å². The molecule has 4 heteroatoms. The lowest BCUT2D eigenvalue weighted by Crippen LogP contribution is -2.14. The highest BCUT2D eigenvalue weighted by atomic mass is 127. The molecular formula is C8H10INO2. The van der Waals surface area contributed by atoms with Crippen molar-refractivity contribution in [2.24, 2.45) is 5.73 Å². The Hall–Kier alpha value is -0.330. The van der Waals surface area contributed by atoms with Crippen molar-refractivity contribution in [2.45, 2.75) is 6.04 Å². The van der Waals surface area contributed by atoms with Crippen LogP contribution in [0.3, 0.4) is 0 Å². The summed E-state index contributed by atoms with van der Waals surface area (Å²) in [7, 11) is 0. The molecule has 0 aliphatic carbocycles. The molecule has 0 heterocycles. The first-order valence-corrected chi connectivity index (χ1v) is 4.58. The van der Waals surface area contributed by atoms with Crippen LogP contribution in [0.5, 0.6) is 5.75 Å². The van der Waals surface area contributed by atoms with E-state index in [9.17, 15) is 5.11 Å². The maximum absolute atomic E-state index is 9.40. The minimum Gasteiger partial charge on any atom is -0.508 e. The highest BCUT2D eigenvalue weighted by molar-refractivity contribution is 14.1. The number of benzene rings is 1. The van der Waals surface area contributed by atoms with Gasteiger partial charge in [0.2, 0.25) is 0 Å². The van der Waals surface area contributed by atoms with Crippen LogP contribution >= 0.6 is 22.6 Å². The van der Waals surface area contributed by atoms with Gasteiger partial charge in [-0.1, -0.05) is 6.07 Å². The summed E-state index contributed by atoms with van der Waals surface area (Å²) >= 11 is 2.09. The number of aliphatic hydroxyl groups excluding tert-OH is 1. The molecule has 0 bridgehead atoms. The molecule has 1 aromatic rings. The van der Waals surface area contributed by atoms with Crippen molar-refractivity contribution in [3.05, 3.63) is 27.3 Å². The number of halogens is 1. The third kappa shape index (κ3) is 2.09. The van der Waals surface area contributed by atoms with Gasteiger partial charge in [-0.15, -0.1) is 0 Å². The Bertz CT molecular complexity index is 278. The maximum atomic E-state index is 9.40. The number of aromatic hydroxyl groups is 1. The van der Waals surface area contributed by atoms with Gasteiger partial charge in [0.05, 0.1) is 12.6 Å². The first-order valence-electron chi connectivity index (χ1n) is 3.50. The van der Waals surface area contributed by atoms with Crippen molar-refractivity contribution >= 4 is 22.6 Å². The molecule has 0 aliphatic rings. The van der Waals surface area contributed by atoms with Gasteiger partial charge in [0, 0.05) is 9.13 Å². The van der Waals surface area contributed by atoms with Crippen LogP contribution in [-0.4, -0.2) is 16.8 Å². The summed E-state index contributed by atoms with van der Waals surface area (Å²) in [4.78, 5) is 0. The normalized spacial score (nSPS) is 12.9. The van der Waals surface area contributed by atoms with Gasteiger partial charge in [-0.2, -0.15) is 0 Å². The first-order chi connectivity index (χ1) is 5.65. The second-order valence-electron chi connectivity index (χ2n) is 2.49. The zero-order valence-electron chi connectivity index (χ0n) is 6.37. The highest BCUT2D eigenvalue weighted by Crippen LogP contribution is 2.24. The average molecular weight is 279 g/mol. The van der Waals surface area contributed by atoms with Crippen LogP contribution < -0.4 is 5.73 Å². The van der Waals surface area contributed by atoms with Crippen LogP contribution in [0.2, 0.25) is 0 Å². The number of nitrogens with two attached hydrogens (primary N) is 1. The molecule has 1 rings (SSSR count). The van der Waals surface area contributed by atoms with Crippen LogP contribution in [0.4, 0.5) is 0 Å². The lowest BCUT2D eigenvalue weighted by Gasteiger charge is -2.10. The van der Waals surface area contributed by atoms with Crippen molar-refractivity contribution in [3.63, 3.8) is 0 Å². The molecule has 0 amide bonds. The largest absolute Gasteiger partial charge is 0.508 e. The maximum Gasteiger partial charge on any atom is 0.121 e. The zero-order valence-corrected chi connectivity index (χ0v) is 8.52. The van der Waals surface area contributed by atoms with E-state index in [4.69, 9.17) is 10.8 Å². The second-order valence-corrected chi connectivity index (χ2v) is 3.74. The average Bonchev–Trinajstić information content (AvgIpc) is 2.03. The van der Waals surface area contributed by atoms with Gasteiger partial charge in [-0.3, -0.25) is 0 Å². The van der Waals surface area contributed by atoms with E-state index in [-0.39, 0.29) is 12.4 Å². The Labute approximate surface area is 84.4 Å². The highest BCUT2D eigenvalue weighted by Gasteiger charge is 2.08. The molecular weight excluding hydrogens is 269 g/mol. The molecule has 1 unspecified atom stereocenters. The third-order valence-electron chi connectivity index (χ3n) is 1.59. The van der Waals surface area contributed by atoms with Crippen molar-refractivity contribution in [2.75, 3.05) is 6.61 Å². The number of phenols is 1. The van der Waals surface area contributed by atoms with Crippen molar-refractivity contribution < 1.29 is 10.2 Å². The SMILES string of the molecule is NC(CO)c1ccc(I)cc1O. The first kappa shape index (κ1) is 9.76. The Kier molecular flexibility index (Phi) is 3.30. The summed E-state index contributed by atoms with van der Waals surface area (Å²) in [6.07, 6.45) is 0. The van der Waals surface area contributed by atoms with Gasteiger partial charge in [-0.05, 0) is 34.7 Å². The topological polar surface area (TPSA) is 66.5 Å². The molecule has 0 aromatic heterocycles.